The minimum Gasteiger partial charge on any atom is -0.330 e. The molecule has 0 spiro atoms. The van der Waals surface area contributed by atoms with Crippen molar-refractivity contribution < 1.29 is 9.18 Å². The second kappa shape index (κ2) is 4.66. The van der Waals surface area contributed by atoms with Crippen LogP contribution in [0.5, 0.6) is 0 Å². The molecule has 0 aliphatic carbocycles. The van der Waals surface area contributed by atoms with Gasteiger partial charge in [-0.1, -0.05) is 13.0 Å². The van der Waals surface area contributed by atoms with E-state index >= 15 is 0 Å². The third-order valence-electron chi connectivity index (χ3n) is 2.02. The summed E-state index contributed by atoms with van der Waals surface area (Å²) in [4.78, 5) is 11.6. The third kappa shape index (κ3) is 2.19. The monoisotopic (exact) mass is 259 g/mol. The SMILES string of the molecule is CC(CN)C(=O)c1cccc(Br)c1F. The van der Waals surface area contributed by atoms with Crippen LogP contribution in [0, 0.1) is 11.7 Å². The number of ketones is 1. The second-order valence-corrected chi connectivity index (χ2v) is 3.96. The van der Waals surface area contributed by atoms with Gasteiger partial charge in [0, 0.05) is 12.5 Å². The zero-order valence-corrected chi connectivity index (χ0v) is 9.34. The fraction of sp³-hybridized carbons (Fsp3) is 0.300. The number of nitrogens with two attached hydrogens (primary N) is 1. The molecule has 14 heavy (non-hydrogen) atoms. The van der Waals surface area contributed by atoms with Gasteiger partial charge in [-0.25, -0.2) is 4.39 Å². The van der Waals surface area contributed by atoms with Crippen LogP contribution in [0.3, 0.4) is 0 Å². The molecule has 0 fully saturated rings. The molecule has 0 aliphatic heterocycles. The van der Waals surface area contributed by atoms with E-state index in [2.05, 4.69) is 15.9 Å². The topological polar surface area (TPSA) is 43.1 Å². The van der Waals surface area contributed by atoms with Gasteiger partial charge in [-0.3, -0.25) is 4.79 Å². The van der Waals surface area contributed by atoms with Crippen LogP contribution < -0.4 is 5.73 Å². The average molecular weight is 260 g/mol. The van der Waals surface area contributed by atoms with E-state index in [0.29, 0.717) is 4.47 Å². The molecule has 0 radical (unpaired) electrons. The van der Waals surface area contributed by atoms with Crippen molar-refractivity contribution in [3.05, 3.63) is 34.1 Å². The number of benzene rings is 1. The molecule has 0 saturated heterocycles. The zero-order chi connectivity index (χ0) is 10.7. The molecule has 1 atom stereocenters. The van der Waals surface area contributed by atoms with Crippen molar-refractivity contribution in [2.24, 2.45) is 11.7 Å². The van der Waals surface area contributed by atoms with Crippen LogP contribution in [0.4, 0.5) is 4.39 Å². The van der Waals surface area contributed by atoms with Gasteiger partial charge in [-0.15, -0.1) is 0 Å². The predicted octanol–water partition coefficient (Wildman–Crippen LogP) is 2.37. The van der Waals surface area contributed by atoms with Gasteiger partial charge in [0.05, 0.1) is 10.0 Å². The molecule has 0 aromatic heterocycles. The van der Waals surface area contributed by atoms with Gasteiger partial charge in [0.25, 0.3) is 0 Å². The van der Waals surface area contributed by atoms with Gasteiger partial charge in [0.15, 0.2) is 5.78 Å². The molecule has 0 bridgehead atoms. The Balaban J connectivity index is 3.07. The minimum atomic E-state index is -0.516. The molecule has 0 saturated carbocycles. The lowest BCUT2D eigenvalue weighted by molar-refractivity contribution is 0.0930. The first-order valence-corrected chi connectivity index (χ1v) is 5.05. The van der Waals surface area contributed by atoms with Crippen LogP contribution in [-0.4, -0.2) is 12.3 Å². The molecule has 1 aromatic rings. The third-order valence-corrected chi connectivity index (χ3v) is 2.63. The number of carbonyl (C=O) groups excluding carboxylic acids is 1. The van der Waals surface area contributed by atoms with Gasteiger partial charge >= 0.3 is 0 Å². The highest BCUT2D eigenvalue weighted by Crippen LogP contribution is 2.20. The highest BCUT2D eigenvalue weighted by atomic mass is 79.9. The zero-order valence-electron chi connectivity index (χ0n) is 7.76. The van der Waals surface area contributed by atoms with Gasteiger partial charge in [-0.2, -0.15) is 0 Å². The summed E-state index contributed by atoms with van der Waals surface area (Å²) in [6.45, 7) is 1.91. The Morgan fingerprint density at radius 2 is 2.29 bits per heavy atom. The Bertz CT molecular complexity index is 354. The molecule has 1 rings (SSSR count). The fourth-order valence-electron chi connectivity index (χ4n) is 1.07. The quantitative estimate of drug-likeness (QED) is 0.848. The van der Waals surface area contributed by atoms with E-state index in [-0.39, 0.29) is 23.8 Å². The predicted molar refractivity (Wildman–Crippen MR) is 56.6 cm³/mol. The van der Waals surface area contributed by atoms with E-state index in [1.54, 1.807) is 19.1 Å². The summed E-state index contributed by atoms with van der Waals surface area (Å²) in [6, 6.07) is 4.65. The van der Waals surface area contributed by atoms with Crippen LogP contribution in [0.15, 0.2) is 22.7 Å². The Morgan fingerprint density at radius 3 is 2.86 bits per heavy atom. The molecule has 0 aliphatic rings. The summed E-state index contributed by atoms with van der Waals surface area (Å²) in [6.07, 6.45) is 0. The lowest BCUT2D eigenvalue weighted by Gasteiger charge is -2.08. The maximum atomic E-state index is 13.4. The Labute approximate surface area is 90.4 Å². The summed E-state index contributed by atoms with van der Waals surface area (Å²) in [5.41, 5.74) is 5.44. The molecule has 0 amide bonds. The smallest absolute Gasteiger partial charge is 0.169 e. The normalized spacial score (nSPS) is 12.6. The minimum absolute atomic E-state index is 0.0947. The number of Topliss-reactive ketones (excluding diaryl/α,β-unsaturated/α-hetero) is 1. The number of hydrogen-bond donors (Lipinski definition) is 1. The summed E-state index contributed by atoms with van der Waals surface area (Å²) in [5, 5.41) is 0. The molecule has 76 valence electrons. The van der Waals surface area contributed by atoms with Gasteiger partial charge < -0.3 is 5.73 Å². The van der Waals surface area contributed by atoms with Crippen molar-refractivity contribution in [3.63, 3.8) is 0 Å². The van der Waals surface area contributed by atoms with Crippen LogP contribution in [0.25, 0.3) is 0 Å². The largest absolute Gasteiger partial charge is 0.330 e. The van der Waals surface area contributed by atoms with Crippen molar-refractivity contribution in [3.8, 4) is 0 Å². The molecule has 4 heteroatoms. The Morgan fingerprint density at radius 1 is 1.64 bits per heavy atom. The molecular formula is C10H11BrFNO. The average Bonchev–Trinajstić information content (AvgIpc) is 2.20. The van der Waals surface area contributed by atoms with Crippen LogP contribution >= 0.6 is 15.9 Å². The second-order valence-electron chi connectivity index (χ2n) is 3.10. The first-order valence-electron chi connectivity index (χ1n) is 4.26. The number of hydrogen-bond acceptors (Lipinski definition) is 2. The van der Waals surface area contributed by atoms with Crippen LogP contribution in [0.2, 0.25) is 0 Å². The maximum absolute atomic E-state index is 13.4. The van der Waals surface area contributed by atoms with Crippen molar-refractivity contribution in [2.75, 3.05) is 6.54 Å². The van der Waals surface area contributed by atoms with E-state index in [1.165, 1.54) is 6.07 Å². The van der Waals surface area contributed by atoms with Crippen molar-refractivity contribution in [1.82, 2.24) is 0 Å². The van der Waals surface area contributed by atoms with E-state index in [1.807, 2.05) is 0 Å². The highest BCUT2D eigenvalue weighted by Gasteiger charge is 2.18. The first kappa shape index (κ1) is 11.3. The van der Waals surface area contributed by atoms with Gasteiger partial charge in [0.1, 0.15) is 5.82 Å². The lowest BCUT2D eigenvalue weighted by Crippen LogP contribution is -2.21. The number of carbonyl (C=O) groups is 1. The van der Waals surface area contributed by atoms with Crippen LogP contribution in [-0.2, 0) is 0 Å². The molecular weight excluding hydrogens is 249 g/mol. The highest BCUT2D eigenvalue weighted by molar-refractivity contribution is 9.10. The van der Waals surface area contributed by atoms with E-state index < -0.39 is 5.82 Å². The van der Waals surface area contributed by atoms with Crippen molar-refractivity contribution in [2.45, 2.75) is 6.92 Å². The van der Waals surface area contributed by atoms with E-state index in [4.69, 9.17) is 5.73 Å². The Kier molecular flexibility index (Phi) is 3.77. The molecule has 0 heterocycles. The molecule has 1 aromatic carbocycles. The van der Waals surface area contributed by atoms with Gasteiger partial charge in [0.2, 0.25) is 0 Å². The van der Waals surface area contributed by atoms with Crippen molar-refractivity contribution in [1.29, 1.82) is 0 Å². The van der Waals surface area contributed by atoms with Gasteiger partial charge in [-0.05, 0) is 28.1 Å². The van der Waals surface area contributed by atoms with E-state index in [9.17, 15) is 9.18 Å². The molecule has 1 unspecified atom stereocenters. The standard InChI is InChI=1S/C10H11BrFNO/c1-6(5-13)10(14)7-3-2-4-8(11)9(7)12/h2-4,6H,5,13H2,1H3. The fourth-order valence-corrected chi connectivity index (χ4v) is 1.43. The summed E-state index contributed by atoms with van der Waals surface area (Å²) in [5.74, 6) is -1.12. The molecule has 2 nitrogen and oxygen atoms in total. The van der Waals surface area contributed by atoms with E-state index in [0.717, 1.165) is 0 Å². The summed E-state index contributed by atoms with van der Waals surface area (Å²) in [7, 11) is 0. The summed E-state index contributed by atoms with van der Waals surface area (Å²) < 4.78 is 13.7. The first-order chi connectivity index (χ1) is 6.57. The number of halogens is 2. The molecule has 2 N–H and O–H groups in total. The van der Waals surface area contributed by atoms with Crippen molar-refractivity contribution >= 4 is 21.7 Å². The lowest BCUT2D eigenvalue weighted by atomic mass is 9.99. The number of rotatable bonds is 3. The summed E-state index contributed by atoms with van der Waals surface area (Å²) >= 11 is 3.03. The van der Waals surface area contributed by atoms with Crippen LogP contribution in [0.1, 0.15) is 17.3 Å². The Hall–Kier alpha value is -0.740. The maximum Gasteiger partial charge on any atom is 0.169 e.